The maximum Gasteiger partial charge on any atom is 0.0252 e. The third-order valence-corrected chi connectivity index (χ3v) is 4.98. The zero-order valence-corrected chi connectivity index (χ0v) is 11.9. The minimum absolute atomic E-state index is 0.766. The lowest BCUT2D eigenvalue weighted by Crippen LogP contribution is -2.54. The van der Waals surface area contributed by atoms with Crippen LogP contribution in [0.25, 0.3) is 0 Å². The lowest BCUT2D eigenvalue weighted by atomic mass is 9.90. The van der Waals surface area contributed by atoms with Crippen molar-refractivity contribution in [3.63, 3.8) is 0 Å². The number of nitrogens with one attached hydrogen (secondary N) is 1. The summed E-state index contributed by atoms with van der Waals surface area (Å²) in [7, 11) is 0. The van der Waals surface area contributed by atoms with E-state index >= 15 is 0 Å². The molecule has 0 bridgehead atoms. The molecule has 2 heteroatoms. The topological polar surface area (TPSA) is 15.3 Å². The Labute approximate surface area is 107 Å². The molecule has 1 N–H and O–H groups in total. The standard InChI is InChI=1S/C15H30N2/c1-4-10-16-14-8-5-9-15(14)17-11-6-7-12(2)13(17)3/h12-16H,4-11H2,1-3H3. The molecule has 100 valence electrons. The molecule has 4 unspecified atom stereocenters. The molecule has 0 spiro atoms. The first kappa shape index (κ1) is 13.4. The Kier molecular flexibility index (Phi) is 4.87. The maximum absolute atomic E-state index is 3.77. The van der Waals surface area contributed by atoms with E-state index in [2.05, 4.69) is 31.0 Å². The van der Waals surface area contributed by atoms with Gasteiger partial charge in [0.15, 0.2) is 0 Å². The van der Waals surface area contributed by atoms with Crippen molar-refractivity contribution in [1.82, 2.24) is 10.2 Å². The van der Waals surface area contributed by atoms with E-state index in [0.29, 0.717) is 0 Å². The summed E-state index contributed by atoms with van der Waals surface area (Å²) in [5.74, 6) is 0.885. The average molecular weight is 238 g/mol. The highest BCUT2D eigenvalue weighted by molar-refractivity contribution is 4.94. The fraction of sp³-hybridized carbons (Fsp3) is 1.00. The van der Waals surface area contributed by atoms with Crippen LogP contribution < -0.4 is 5.32 Å². The first-order chi connectivity index (χ1) is 8.24. The van der Waals surface area contributed by atoms with E-state index in [-0.39, 0.29) is 0 Å². The Morgan fingerprint density at radius 3 is 2.71 bits per heavy atom. The molecule has 2 rings (SSSR count). The summed E-state index contributed by atoms with van der Waals surface area (Å²) >= 11 is 0. The van der Waals surface area contributed by atoms with Gasteiger partial charge >= 0.3 is 0 Å². The van der Waals surface area contributed by atoms with Crippen LogP contribution in [0.5, 0.6) is 0 Å². The lowest BCUT2D eigenvalue weighted by molar-refractivity contribution is 0.0586. The molecule has 1 aliphatic carbocycles. The maximum atomic E-state index is 3.77. The fourth-order valence-electron chi connectivity index (χ4n) is 3.74. The molecule has 0 aromatic rings. The summed E-state index contributed by atoms with van der Waals surface area (Å²) in [5, 5.41) is 3.77. The quantitative estimate of drug-likeness (QED) is 0.810. The SMILES string of the molecule is CCCNC1CCCC1N1CCCC(C)C1C. The zero-order valence-electron chi connectivity index (χ0n) is 11.9. The molecule has 0 aromatic carbocycles. The Hall–Kier alpha value is -0.0800. The second-order valence-electron chi connectivity index (χ2n) is 6.16. The summed E-state index contributed by atoms with van der Waals surface area (Å²) in [4.78, 5) is 2.81. The molecule has 17 heavy (non-hydrogen) atoms. The lowest BCUT2D eigenvalue weighted by Gasteiger charge is -2.44. The van der Waals surface area contributed by atoms with Gasteiger partial charge in [-0.05, 0) is 58.0 Å². The van der Waals surface area contributed by atoms with Gasteiger partial charge in [-0.15, -0.1) is 0 Å². The smallest absolute Gasteiger partial charge is 0.0252 e. The summed E-state index contributed by atoms with van der Waals surface area (Å²) in [6, 6.07) is 2.37. The van der Waals surface area contributed by atoms with Crippen LogP contribution in [0.1, 0.15) is 59.3 Å². The molecule has 0 aromatic heterocycles. The number of likely N-dealkylation sites (tertiary alicyclic amines) is 1. The molecular weight excluding hydrogens is 208 g/mol. The van der Waals surface area contributed by atoms with Crippen molar-refractivity contribution in [2.75, 3.05) is 13.1 Å². The van der Waals surface area contributed by atoms with Gasteiger partial charge in [0.05, 0.1) is 0 Å². The van der Waals surface area contributed by atoms with E-state index in [0.717, 1.165) is 24.0 Å². The van der Waals surface area contributed by atoms with Crippen LogP contribution in [-0.2, 0) is 0 Å². The minimum atomic E-state index is 0.766. The van der Waals surface area contributed by atoms with Crippen LogP contribution in [0.15, 0.2) is 0 Å². The van der Waals surface area contributed by atoms with Gasteiger partial charge in [-0.25, -0.2) is 0 Å². The average Bonchev–Trinajstić information content (AvgIpc) is 2.78. The second-order valence-corrected chi connectivity index (χ2v) is 6.16. The molecule has 0 amide bonds. The monoisotopic (exact) mass is 238 g/mol. The summed E-state index contributed by atoms with van der Waals surface area (Å²) in [6.07, 6.45) is 8.32. The van der Waals surface area contributed by atoms with Gasteiger partial charge in [0.25, 0.3) is 0 Å². The first-order valence-corrected chi connectivity index (χ1v) is 7.73. The minimum Gasteiger partial charge on any atom is -0.312 e. The van der Waals surface area contributed by atoms with Crippen LogP contribution in [0.3, 0.4) is 0 Å². The van der Waals surface area contributed by atoms with Crippen LogP contribution in [0.4, 0.5) is 0 Å². The molecule has 2 nitrogen and oxygen atoms in total. The van der Waals surface area contributed by atoms with Crippen molar-refractivity contribution in [1.29, 1.82) is 0 Å². The summed E-state index contributed by atoms with van der Waals surface area (Å²) in [5.41, 5.74) is 0. The Morgan fingerprint density at radius 2 is 1.94 bits per heavy atom. The first-order valence-electron chi connectivity index (χ1n) is 7.73. The van der Waals surface area contributed by atoms with Crippen LogP contribution in [-0.4, -0.2) is 36.1 Å². The normalized spacial score (nSPS) is 39.7. The van der Waals surface area contributed by atoms with Crippen molar-refractivity contribution in [2.45, 2.75) is 77.4 Å². The van der Waals surface area contributed by atoms with E-state index in [1.165, 1.54) is 51.6 Å². The molecule has 2 fully saturated rings. The predicted molar refractivity (Wildman–Crippen MR) is 74.3 cm³/mol. The molecule has 4 atom stereocenters. The number of hydrogen-bond donors (Lipinski definition) is 1. The second kappa shape index (κ2) is 6.19. The largest absolute Gasteiger partial charge is 0.312 e. The molecule has 1 saturated heterocycles. The molecule has 1 heterocycles. The van der Waals surface area contributed by atoms with Gasteiger partial charge < -0.3 is 5.32 Å². The third-order valence-electron chi connectivity index (χ3n) is 4.98. The van der Waals surface area contributed by atoms with Crippen molar-refractivity contribution in [3.05, 3.63) is 0 Å². The van der Waals surface area contributed by atoms with Gasteiger partial charge in [-0.2, -0.15) is 0 Å². The van der Waals surface area contributed by atoms with Crippen molar-refractivity contribution >= 4 is 0 Å². The summed E-state index contributed by atoms with van der Waals surface area (Å²) < 4.78 is 0. The van der Waals surface area contributed by atoms with Crippen molar-refractivity contribution < 1.29 is 0 Å². The highest BCUT2D eigenvalue weighted by Crippen LogP contribution is 2.32. The number of hydrogen-bond acceptors (Lipinski definition) is 2. The molecule has 1 saturated carbocycles. The Bertz CT molecular complexity index is 229. The van der Waals surface area contributed by atoms with E-state index in [9.17, 15) is 0 Å². The van der Waals surface area contributed by atoms with Gasteiger partial charge in [0.1, 0.15) is 0 Å². The Balaban J connectivity index is 1.94. The molecule has 1 aliphatic heterocycles. The predicted octanol–water partition coefficient (Wildman–Crippen LogP) is 3.03. The van der Waals surface area contributed by atoms with E-state index < -0.39 is 0 Å². The molecule has 0 radical (unpaired) electrons. The number of rotatable bonds is 4. The zero-order chi connectivity index (χ0) is 12.3. The molecular formula is C15H30N2. The van der Waals surface area contributed by atoms with E-state index in [1.54, 1.807) is 0 Å². The highest BCUT2D eigenvalue weighted by atomic mass is 15.2. The number of piperidine rings is 1. The third kappa shape index (κ3) is 3.03. The van der Waals surface area contributed by atoms with E-state index in [1.807, 2.05) is 0 Å². The van der Waals surface area contributed by atoms with Crippen LogP contribution in [0, 0.1) is 5.92 Å². The van der Waals surface area contributed by atoms with Gasteiger partial charge in [0.2, 0.25) is 0 Å². The van der Waals surface area contributed by atoms with Gasteiger partial charge in [0, 0.05) is 18.1 Å². The van der Waals surface area contributed by atoms with Crippen molar-refractivity contribution in [2.24, 2.45) is 5.92 Å². The van der Waals surface area contributed by atoms with Crippen LogP contribution >= 0.6 is 0 Å². The highest BCUT2D eigenvalue weighted by Gasteiger charge is 2.36. The van der Waals surface area contributed by atoms with Gasteiger partial charge in [-0.1, -0.05) is 20.3 Å². The Morgan fingerprint density at radius 1 is 1.12 bits per heavy atom. The fourth-order valence-corrected chi connectivity index (χ4v) is 3.74. The molecule has 2 aliphatic rings. The van der Waals surface area contributed by atoms with Gasteiger partial charge in [-0.3, -0.25) is 4.90 Å². The van der Waals surface area contributed by atoms with Crippen LogP contribution in [0.2, 0.25) is 0 Å². The summed E-state index contributed by atoms with van der Waals surface area (Å²) in [6.45, 7) is 9.67. The number of nitrogens with zero attached hydrogens (tertiary/aromatic N) is 1. The van der Waals surface area contributed by atoms with Crippen molar-refractivity contribution in [3.8, 4) is 0 Å². The van der Waals surface area contributed by atoms with E-state index in [4.69, 9.17) is 0 Å².